The molecule has 1 saturated heterocycles. The number of halogens is 1. The van der Waals surface area contributed by atoms with Crippen LogP contribution >= 0.6 is 15.9 Å². The van der Waals surface area contributed by atoms with Crippen LogP contribution in [0.4, 0.5) is 5.95 Å². The van der Waals surface area contributed by atoms with E-state index in [0.717, 1.165) is 42.5 Å². The minimum absolute atomic E-state index is 0.759. The maximum Gasteiger partial charge on any atom is 0.226 e. The predicted molar refractivity (Wildman–Crippen MR) is 57.5 cm³/mol. The molecule has 0 saturated carbocycles. The lowest BCUT2D eigenvalue weighted by Crippen LogP contribution is -2.37. The van der Waals surface area contributed by atoms with E-state index in [1.165, 1.54) is 0 Å². The zero-order chi connectivity index (χ0) is 9.97. The highest BCUT2D eigenvalue weighted by Crippen LogP contribution is 2.15. The first kappa shape index (κ1) is 9.86. The van der Waals surface area contributed by atoms with Crippen molar-refractivity contribution in [3.05, 3.63) is 16.4 Å². The first-order chi connectivity index (χ1) is 6.75. The van der Waals surface area contributed by atoms with Gasteiger partial charge in [-0.05, 0) is 28.9 Å². The van der Waals surface area contributed by atoms with Crippen molar-refractivity contribution in [1.29, 1.82) is 0 Å². The summed E-state index contributed by atoms with van der Waals surface area (Å²) < 4.78 is 6.11. The average Bonchev–Trinajstić information content (AvgIpc) is 2.18. The summed E-state index contributed by atoms with van der Waals surface area (Å²) in [6.45, 7) is 5.23. The number of nitrogens with zero attached hydrogens (tertiary/aromatic N) is 3. The normalized spacial score (nSPS) is 17.1. The van der Waals surface area contributed by atoms with E-state index >= 15 is 0 Å². The number of ether oxygens (including phenoxy) is 1. The number of hydrogen-bond acceptors (Lipinski definition) is 4. The Balaban J connectivity index is 2.21. The van der Waals surface area contributed by atoms with Gasteiger partial charge in [0.05, 0.1) is 13.2 Å². The molecule has 0 N–H and O–H groups in total. The van der Waals surface area contributed by atoms with Gasteiger partial charge in [0.2, 0.25) is 5.95 Å². The largest absolute Gasteiger partial charge is 0.378 e. The van der Waals surface area contributed by atoms with Gasteiger partial charge in [-0.3, -0.25) is 0 Å². The van der Waals surface area contributed by atoms with E-state index < -0.39 is 0 Å². The molecule has 0 aliphatic carbocycles. The molecule has 1 aliphatic rings. The molecule has 1 aromatic rings. The average molecular weight is 258 g/mol. The van der Waals surface area contributed by atoms with Gasteiger partial charge in [-0.1, -0.05) is 0 Å². The summed E-state index contributed by atoms with van der Waals surface area (Å²) >= 11 is 3.37. The highest BCUT2D eigenvalue weighted by Gasteiger charge is 2.14. The lowest BCUT2D eigenvalue weighted by molar-refractivity contribution is 0.122. The van der Waals surface area contributed by atoms with Gasteiger partial charge in [0.1, 0.15) is 4.60 Å². The second-order valence-corrected chi connectivity index (χ2v) is 4.04. The third-order valence-corrected chi connectivity index (χ3v) is 2.51. The Labute approximate surface area is 91.4 Å². The predicted octanol–water partition coefficient (Wildman–Crippen LogP) is 1.38. The number of hydrogen-bond donors (Lipinski definition) is 0. The van der Waals surface area contributed by atoms with Crippen molar-refractivity contribution >= 4 is 21.9 Å². The fourth-order valence-corrected chi connectivity index (χ4v) is 1.91. The molecule has 2 rings (SSSR count). The quantitative estimate of drug-likeness (QED) is 0.713. The maximum absolute atomic E-state index is 5.27. The van der Waals surface area contributed by atoms with E-state index in [-0.39, 0.29) is 0 Å². The third kappa shape index (κ3) is 2.22. The molecule has 0 radical (unpaired) electrons. The van der Waals surface area contributed by atoms with Gasteiger partial charge in [-0.2, -0.15) is 0 Å². The Morgan fingerprint density at radius 3 is 2.71 bits per heavy atom. The lowest BCUT2D eigenvalue weighted by atomic mass is 10.4. The van der Waals surface area contributed by atoms with E-state index in [1.807, 2.05) is 13.0 Å². The van der Waals surface area contributed by atoms with Crippen LogP contribution in [-0.2, 0) is 4.74 Å². The first-order valence-corrected chi connectivity index (χ1v) is 5.39. The van der Waals surface area contributed by atoms with Crippen molar-refractivity contribution in [2.24, 2.45) is 0 Å². The summed E-state index contributed by atoms with van der Waals surface area (Å²) in [5.74, 6) is 0.792. The lowest BCUT2D eigenvalue weighted by Gasteiger charge is -2.26. The molecular formula is C9H12BrN3O. The van der Waals surface area contributed by atoms with Gasteiger partial charge in [0, 0.05) is 18.8 Å². The zero-order valence-electron chi connectivity index (χ0n) is 8.03. The monoisotopic (exact) mass is 257 g/mol. The Kier molecular flexibility index (Phi) is 2.98. The van der Waals surface area contributed by atoms with Crippen molar-refractivity contribution in [2.45, 2.75) is 6.92 Å². The summed E-state index contributed by atoms with van der Waals surface area (Å²) in [7, 11) is 0. The second-order valence-electron chi connectivity index (χ2n) is 3.23. The van der Waals surface area contributed by atoms with Crippen LogP contribution in [0.25, 0.3) is 0 Å². The first-order valence-electron chi connectivity index (χ1n) is 4.59. The molecule has 1 fully saturated rings. The molecule has 0 aromatic carbocycles. The van der Waals surface area contributed by atoms with Crippen LogP contribution in [0.15, 0.2) is 10.7 Å². The molecular weight excluding hydrogens is 246 g/mol. The molecule has 76 valence electrons. The summed E-state index contributed by atoms with van der Waals surface area (Å²) in [6.07, 6.45) is 0. The van der Waals surface area contributed by atoms with E-state index in [4.69, 9.17) is 4.74 Å². The van der Waals surface area contributed by atoms with Crippen LogP contribution in [0.3, 0.4) is 0 Å². The van der Waals surface area contributed by atoms with E-state index in [9.17, 15) is 0 Å². The Morgan fingerprint density at radius 2 is 2.07 bits per heavy atom. The van der Waals surface area contributed by atoms with Crippen molar-refractivity contribution in [3.63, 3.8) is 0 Å². The fraction of sp³-hybridized carbons (Fsp3) is 0.556. The van der Waals surface area contributed by atoms with Crippen molar-refractivity contribution in [3.8, 4) is 0 Å². The van der Waals surface area contributed by atoms with Crippen molar-refractivity contribution in [1.82, 2.24) is 9.97 Å². The van der Waals surface area contributed by atoms with Gasteiger partial charge in [0.25, 0.3) is 0 Å². The molecule has 14 heavy (non-hydrogen) atoms. The minimum Gasteiger partial charge on any atom is -0.378 e. The SMILES string of the molecule is Cc1cc(Br)nc(N2CCOCC2)n1. The van der Waals surface area contributed by atoms with E-state index in [1.54, 1.807) is 0 Å². The summed E-state index contributed by atoms with van der Waals surface area (Å²) in [5, 5.41) is 0. The number of rotatable bonds is 1. The third-order valence-electron chi connectivity index (χ3n) is 2.11. The summed E-state index contributed by atoms with van der Waals surface area (Å²) in [4.78, 5) is 10.9. The molecule has 2 heterocycles. The summed E-state index contributed by atoms with van der Waals surface area (Å²) in [5.41, 5.74) is 0.980. The van der Waals surface area contributed by atoms with Gasteiger partial charge in [-0.15, -0.1) is 0 Å². The number of morpholine rings is 1. The highest BCUT2D eigenvalue weighted by atomic mass is 79.9. The van der Waals surface area contributed by atoms with Crippen LogP contribution in [0, 0.1) is 6.92 Å². The second kappa shape index (κ2) is 4.23. The number of aryl methyl sites for hydroxylation is 1. The summed E-state index contributed by atoms with van der Waals surface area (Å²) in [6, 6.07) is 1.91. The zero-order valence-corrected chi connectivity index (χ0v) is 9.62. The van der Waals surface area contributed by atoms with Crippen LogP contribution < -0.4 is 4.90 Å². The van der Waals surface area contributed by atoms with Gasteiger partial charge in [-0.25, -0.2) is 9.97 Å². The van der Waals surface area contributed by atoms with E-state index in [0.29, 0.717) is 0 Å². The number of anilines is 1. The molecule has 0 bridgehead atoms. The fourth-order valence-electron chi connectivity index (χ4n) is 1.42. The Hall–Kier alpha value is -0.680. The van der Waals surface area contributed by atoms with E-state index in [2.05, 4.69) is 30.8 Å². The van der Waals surface area contributed by atoms with Crippen molar-refractivity contribution < 1.29 is 4.74 Å². The Bertz CT molecular complexity index is 306. The molecule has 5 heteroatoms. The smallest absolute Gasteiger partial charge is 0.226 e. The maximum atomic E-state index is 5.27. The standard InChI is InChI=1S/C9H12BrN3O/c1-7-6-8(10)12-9(11-7)13-2-4-14-5-3-13/h6H,2-5H2,1H3. The molecule has 0 amide bonds. The molecule has 0 atom stereocenters. The molecule has 0 unspecified atom stereocenters. The molecule has 1 aliphatic heterocycles. The van der Waals surface area contributed by atoms with Crippen molar-refractivity contribution in [2.75, 3.05) is 31.2 Å². The van der Waals surface area contributed by atoms with Gasteiger partial charge < -0.3 is 9.64 Å². The van der Waals surface area contributed by atoms with Crippen LogP contribution in [-0.4, -0.2) is 36.3 Å². The Morgan fingerprint density at radius 1 is 1.36 bits per heavy atom. The van der Waals surface area contributed by atoms with Crippen LogP contribution in [0.2, 0.25) is 0 Å². The molecule has 1 aromatic heterocycles. The topological polar surface area (TPSA) is 38.2 Å². The minimum atomic E-state index is 0.759. The highest BCUT2D eigenvalue weighted by molar-refractivity contribution is 9.10. The molecule has 0 spiro atoms. The van der Waals surface area contributed by atoms with Gasteiger partial charge >= 0.3 is 0 Å². The van der Waals surface area contributed by atoms with Crippen LogP contribution in [0.5, 0.6) is 0 Å². The van der Waals surface area contributed by atoms with Gasteiger partial charge in [0.15, 0.2) is 0 Å². The van der Waals surface area contributed by atoms with Crippen LogP contribution in [0.1, 0.15) is 5.69 Å². The molecule has 4 nitrogen and oxygen atoms in total. The number of aromatic nitrogens is 2.